The molecule has 1 fully saturated rings. The smallest absolute Gasteiger partial charge is 0.122 e. The summed E-state index contributed by atoms with van der Waals surface area (Å²) in [5, 5.41) is 11.4. The SMILES string of the molecule is CCSC[C@@H]1C[C@](O)(c2ccccc2)[C@@H](c2ccccc2)O1. The molecule has 3 heteroatoms. The van der Waals surface area contributed by atoms with E-state index in [1.165, 1.54) is 0 Å². The fourth-order valence-corrected chi connectivity index (χ4v) is 3.83. The molecule has 0 unspecified atom stereocenters. The van der Waals surface area contributed by atoms with Crippen LogP contribution in [-0.4, -0.2) is 22.7 Å². The first kappa shape index (κ1) is 15.6. The van der Waals surface area contributed by atoms with E-state index in [9.17, 15) is 5.11 Å². The van der Waals surface area contributed by atoms with Crippen LogP contribution in [0.3, 0.4) is 0 Å². The fourth-order valence-electron chi connectivity index (χ4n) is 3.13. The number of benzene rings is 2. The first-order valence-corrected chi connectivity index (χ1v) is 8.95. The van der Waals surface area contributed by atoms with Crippen LogP contribution in [0.25, 0.3) is 0 Å². The largest absolute Gasteiger partial charge is 0.382 e. The molecule has 0 aromatic heterocycles. The Morgan fingerprint density at radius 3 is 2.36 bits per heavy atom. The topological polar surface area (TPSA) is 29.5 Å². The van der Waals surface area contributed by atoms with Crippen LogP contribution >= 0.6 is 11.8 Å². The van der Waals surface area contributed by atoms with Crippen molar-refractivity contribution in [2.75, 3.05) is 11.5 Å². The van der Waals surface area contributed by atoms with Gasteiger partial charge in [-0.05, 0) is 16.9 Å². The highest BCUT2D eigenvalue weighted by Gasteiger charge is 2.48. The van der Waals surface area contributed by atoms with Gasteiger partial charge in [-0.3, -0.25) is 0 Å². The normalized spacial score (nSPS) is 27.9. The van der Waals surface area contributed by atoms with Crippen molar-refractivity contribution in [1.29, 1.82) is 0 Å². The highest BCUT2D eigenvalue weighted by atomic mass is 32.2. The standard InChI is InChI=1S/C19H22O2S/c1-2-22-14-17-13-19(20,16-11-7-4-8-12-16)18(21-17)15-9-5-3-6-10-15/h3-12,17-18,20H,2,13-14H2,1H3/t17-,18+,19-/m0/s1. The quantitative estimate of drug-likeness (QED) is 0.898. The van der Waals surface area contributed by atoms with Crippen LogP contribution < -0.4 is 0 Å². The van der Waals surface area contributed by atoms with Crippen LogP contribution in [0.1, 0.15) is 30.6 Å². The third-order valence-electron chi connectivity index (χ3n) is 4.19. The van der Waals surface area contributed by atoms with Crippen molar-refractivity contribution in [3.63, 3.8) is 0 Å². The zero-order chi connectivity index (χ0) is 15.4. The molecule has 1 aliphatic heterocycles. The maximum absolute atomic E-state index is 11.4. The molecule has 3 atom stereocenters. The number of hydrogen-bond acceptors (Lipinski definition) is 3. The Morgan fingerprint density at radius 2 is 1.73 bits per heavy atom. The molecule has 0 radical (unpaired) electrons. The second-order valence-electron chi connectivity index (χ2n) is 5.70. The van der Waals surface area contributed by atoms with E-state index in [-0.39, 0.29) is 12.2 Å². The summed E-state index contributed by atoms with van der Waals surface area (Å²) < 4.78 is 6.25. The minimum absolute atomic E-state index is 0.0837. The van der Waals surface area contributed by atoms with Gasteiger partial charge in [0.1, 0.15) is 11.7 Å². The van der Waals surface area contributed by atoms with E-state index in [1.54, 1.807) is 0 Å². The second kappa shape index (κ2) is 6.86. The van der Waals surface area contributed by atoms with E-state index in [2.05, 4.69) is 6.92 Å². The lowest BCUT2D eigenvalue weighted by molar-refractivity contribution is -0.0514. The number of ether oxygens (including phenoxy) is 1. The molecule has 2 aromatic rings. The Kier molecular flexibility index (Phi) is 4.87. The fraction of sp³-hybridized carbons (Fsp3) is 0.368. The summed E-state index contributed by atoms with van der Waals surface area (Å²) in [4.78, 5) is 0. The highest BCUT2D eigenvalue weighted by Crippen LogP contribution is 2.48. The Balaban J connectivity index is 1.93. The van der Waals surface area contributed by atoms with Gasteiger partial charge in [-0.15, -0.1) is 0 Å². The van der Waals surface area contributed by atoms with Gasteiger partial charge in [-0.2, -0.15) is 11.8 Å². The molecule has 0 spiro atoms. The summed E-state index contributed by atoms with van der Waals surface area (Å²) in [6, 6.07) is 20.0. The summed E-state index contributed by atoms with van der Waals surface area (Å²) in [7, 11) is 0. The van der Waals surface area contributed by atoms with Crippen molar-refractivity contribution >= 4 is 11.8 Å². The summed E-state index contributed by atoms with van der Waals surface area (Å²) in [5.41, 5.74) is 1.02. The molecule has 1 saturated heterocycles. The van der Waals surface area contributed by atoms with Gasteiger partial charge in [0.25, 0.3) is 0 Å². The number of aliphatic hydroxyl groups is 1. The molecule has 1 heterocycles. The lowest BCUT2D eigenvalue weighted by Crippen LogP contribution is -2.29. The average Bonchev–Trinajstić information content (AvgIpc) is 2.93. The molecule has 116 valence electrons. The zero-order valence-corrected chi connectivity index (χ0v) is 13.6. The first-order valence-electron chi connectivity index (χ1n) is 7.80. The number of thioether (sulfide) groups is 1. The van der Waals surface area contributed by atoms with Crippen molar-refractivity contribution < 1.29 is 9.84 Å². The van der Waals surface area contributed by atoms with Gasteiger partial charge in [0, 0.05) is 12.2 Å². The molecule has 2 nitrogen and oxygen atoms in total. The molecule has 0 amide bonds. The van der Waals surface area contributed by atoms with Crippen LogP contribution in [-0.2, 0) is 10.3 Å². The number of hydrogen-bond donors (Lipinski definition) is 1. The molecule has 3 rings (SSSR count). The highest BCUT2D eigenvalue weighted by molar-refractivity contribution is 7.99. The lowest BCUT2D eigenvalue weighted by atomic mass is 9.83. The summed E-state index contributed by atoms with van der Waals surface area (Å²) in [6.45, 7) is 2.15. The van der Waals surface area contributed by atoms with Gasteiger partial charge in [0.15, 0.2) is 0 Å². The Bertz CT molecular complexity index is 587. The summed E-state index contributed by atoms with van der Waals surface area (Å²) >= 11 is 1.86. The predicted octanol–water partition coefficient (Wildman–Crippen LogP) is 4.16. The second-order valence-corrected chi connectivity index (χ2v) is 7.02. The van der Waals surface area contributed by atoms with Crippen molar-refractivity contribution in [3.05, 3.63) is 71.8 Å². The Morgan fingerprint density at radius 1 is 1.09 bits per heavy atom. The van der Waals surface area contributed by atoms with E-state index >= 15 is 0 Å². The van der Waals surface area contributed by atoms with Crippen molar-refractivity contribution in [1.82, 2.24) is 0 Å². The molecule has 0 aliphatic carbocycles. The van der Waals surface area contributed by atoms with E-state index in [0.29, 0.717) is 6.42 Å². The van der Waals surface area contributed by atoms with Gasteiger partial charge in [0.05, 0.1) is 6.10 Å². The van der Waals surface area contributed by atoms with Gasteiger partial charge in [-0.25, -0.2) is 0 Å². The first-order chi connectivity index (χ1) is 10.7. The van der Waals surface area contributed by atoms with Crippen LogP contribution in [0.4, 0.5) is 0 Å². The molecule has 2 aromatic carbocycles. The van der Waals surface area contributed by atoms with Gasteiger partial charge in [-0.1, -0.05) is 67.6 Å². The van der Waals surface area contributed by atoms with Gasteiger partial charge in [0.2, 0.25) is 0 Å². The predicted molar refractivity (Wildman–Crippen MR) is 92.0 cm³/mol. The van der Waals surface area contributed by atoms with E-state index < -0.39 is 5.60 Å². The zero-order valence-electron chi connectivity index (χ0n) is 12.8. The van der Waals surface area contributed by atoms with Crippen molar-refractivity contribution in [2.24, 2.45) is 0 Å². The van der Waals surface area contributed by atoms with Crippen molar-refractivity contribution in [2.45, 2.75) is 31.2 Å². The minimum atomic E-state index is -0.957. The van der Waals surface area contributed by atoms with E-state index in [1.807, 2.05) is 72.4 Å². The number of rotatable bonds is 5. The van der Waals surface area contributed by atoms with Gasteiger partial charge >= 0.3 is 0 Å². The monoisotopic (exact) mass is 314 g/mol. The molecule has 22 heavy (non-hydrogen) atoms. The van der Waals surface area contributed by atoms with E-state index in [4.69, 9.17) is 4.74 Å². The maximum atomic E-state index is 11.4. The summed E-state index contributed by atoms with van der Waals surface area (Å²) in [5.74, 6) is 1.99. The molecular weight excluding hydrogens is 292 g/mol. The molecule has 0 saturated carbocycles. The maximum Gasteiger partial charge on any atom is 0.122 e. The van der Waals surface area contributed by atoms with Crippen LogP contribution in [0.2, 0.25) is 0 Å². The third kappa shape index (κ3) is 3.07. The minimum Gasteiger partial charge on any atom is -0.382 e. The molecule has 1 N–H and O–H groups in total. The van der Waals surface area contributed by atoms with Crippen LogP contribution in [0.15, 0.2) is 60.7 Å². The van der Waals surface area contributed by atoms with Crippen molar-refractivity contribution in [3.8, 4) is 0 Å². The third-order valence-corrected chi connectivity index (χ3v) is 5.20. The molecule has 1 aliphatic rings. The molecule has 0 bridgehead atoms. The lowest BCUT2D eigenvalue weighted by Gasteiger charge is -2.29. The summed E-state index contributed by atoms with van der Waals surface area (Å²) in [6.07, 6.45) is 0.419. The van der Waals surface area contributed by atoms with Gasteiger partial charge < -0.3 is 9.84 Å². The van der Waals surface area contributed by atoms with Crippen LogP contribution in [0, 0.1) is 0 Å². The average molecular weight is 314 g/mol. The van der Waals surface area contributed by atoms with Crippen LogP contribution in [0.5, 0.6) is 0 Å². The van der Waals surface area contributed by atoms with E-state index in [0.717, 1.165) is 22.6 Å². The Labute approximate surface area is 136 Å². The molecular formula is C19H22O2S. The Hall–Kier alpha value is -1.29.